The van der Waals surface area contributed by atoms with Crippen LogP contribution < -0.4 is 0 Å². The average molecular weight is 265 g/mol. The number of aryl methyl sites for hydroxylation is 2. The minimum atomic E-state index is 0.702. The summed E-state index contributed by atoms with van der Waals surface area (Å²) >= 11 is 0. The number of rotatable bonds is 3. The van der Waals surface area contributed by atoms with E-state index in [1.54, 1.807) is 0 Å². The summed E-state index contributed by atoms with van der Waals surface area (Å²) in [6.45, 7) is 5.76. The Morgan fingerprint density at radius 2 is 1.70 bits per heavy atom. The molecule has 2 aromatic carbocycles. The molecule has 0 saturated heterocycles. The van der Waals surface area contributed by atoms with Gasteiger partial charge in [-0.1, -0.05) is 42.5 Å². The second-order valence-corrected chi connectivity index (χ2v) is 5.25. The number of hydrogen-bond acceptors (Lipinski definition) is 2. The summed E-state index contributed by atoms with van der Waals surface area (Å²) in [7, 11) is 0. The molecule has 102 valence electrons. The van der Waals surface area contributed by atoms with Crippen LogP contribution in [0.1, 0.15) is 27.8 Å². The first kappa shape index (κ1) is 12.9. The zero-order valence-corrected chi connectivity index (χ0v) is 12.0. The highest BCUT2D eigenvalue weighted by molar-refractivity contribution is 5.97. The van der Waals surface area contributed by atoms with Gasteiger partial charge in [0.15, 0.2) is 0 Å². The zero-order valence-electron chi connectivity index (χ0n) is 12.0. The van der Waals surface area contributed by atoms with Gasteiger partial charge in [-0.05, 0) is 42.5 Å². The predicted octanol–water partition coefficient (Wildman–Crippen LogP) is 3.67. The summed E-state index contributed by atoms with van der Waals surface area (Å²) in [4.78, 5) is 4.49. The normalized spacial score (nSPS) is 14.0. The van der Waals surface area contributed by atoms with Crippen molar-refractivity contribution in [1.29, 1.82) is 0 Å². The maximum atomic E-state index is 5.68. The van der Waals surface area contributed by atoms with E-state index in [1.807, 2.05) is 0 Å². The van der Waals surface area contributed by atoms with E-state index in [4.69, 9.17) is 4.74 Å². The highest BCUT2D eigenvalue weighted by Gasteiger charge is 2.17. The summed E-state index contributed by atoms with van der Waals surface area (Å²) in [5.74, 6) is 0.812. The molecule has 2 heteroatoms. The van der Waals surface area contributed by atoms with Crippen LogP contribution in [0.25, 0.3) is 0 Å². The molecule has 0 atom stereocenters. The molecule has 0 radical (unpaired) electrons. The van der Waals surface area contributed by atoms with Crippen molar-refractivity contribution in [1.82, 2.24) is 0 Å². The Morgan fingerprint density at radius 1 is 0.950 bits per heavy atom. The number of hydrogen-bond donors (Lipinski definition) is 0. The smallest absolute Gasteiger partial charge is 0.216 e. The van der Waals surface area contributed by atoms with E-state index in [1.165, 1.54) is 27.8 Å². The maximum Gasteiger partial charge on any atom is 0.216 e. The molecule has 2 nitrogen and oxygen atoms in total. The van der Waals surface area contributed by atoms with Crippen LogP contribution in [0.5, 0.6) is 0 Å². The van der Waals surface area contributed by atoms with Gasteiger partial charge in [0.25, 0.3) is 0 Å². The topological polar surface area (TPSA) is 21.6 Å². The number of ether oxygens (including phenoxy) is 1. The van der Waals surface area contributed by atoms with Crippen molar-refractivity contribution in [2.24, 2.45) is 4.99 Å². The molecule has 0 bridgehead atoms. The lowest BCUT2D eigenvalue weighted by Gasteiger charge is -2.13. The van der Waals surface area contributed by atoms with Gasteiger partial charge >= 0.3 is 0 Å². The van der Waals surface area contributed by atoms with Crippen LogP contribution in [0, 0.1) is 13.8 Å². The molecule has 0 N–H and O–H groups in total. The van der Waals surface area contributed by atoms with Gasteiger partial charge in [-0.15, -0.1) is 0 Å². The predicted molar refractivity (Wildman–Crippen MR) is 82.5 cm³/mol. The Morgan fingerprint density at radius 3 is 2.45 bits per heavy atom. The third kappa shape index (κ3) is 2.46. The van der Waals surface area contributed by atoms with Crippen LogP contribution in [-0.4, -0.2) is 19.0 Å². The molecule has 1 heterocycles. The van der Waals surface area contributed by atoms with Crippen LogP contribution in [-0.2, 0) is 11.2 Å². The lowest BCUT2D eigenvalue weighted by molar-refractivity contribution is 0.348. The average Bonchev–Trinajstić information content (AvgIpc) is 2.95. The Hall–Kier alpha value is -2.09. The summed E-state index contributed by atoms with van der Waals surface area (Å²) in [6.07, 6.45) is 0.923. The van der Waals surface area contributed by atoms with E-state index in [0.29, 0.717) is 6.61 Å². The highest BCUT2D eigenvalue weighted by Crippen LogP contribution is 2.22. The van der Waals surface area contributed by atoms with Crippen LogP contribution in [0.2, 0.25) is 0 Å². The van der Waals surface area contributed by atoms with Crippen LogP contribution >= 0.6 is 0 Å². The molecular weight excluding hydrogens is 246 g/mol. The van der Waals surface area contributed by atoms with Crippen molar-refractivity contribution in [3.05, 3.63) is 70.3 Å². The van der Waals surface area contributed by atoms with Gasteiger partial charge in [-0.3, -0.25) is 0 Å². The Kier molecular flexibility index (Phi) is 3.55. The highest BCUT2D eigenvalue weighted by atomic mass is 16.5. The van der Waals surface area contributed by atoms with Crippen molar-refractivity contribution in [3.8, 4) is 0 Å². The fourth-order valence-electron chi connectivity index (χ4n) is 2.68. The molecule has 1 aliphatic rings. The molecule has 3 rings (SSSR count). The lowest BCUT2D eigenvalue weighted by atomic mass is 9.94. The largest absolute Gasteiger partial charge is 0.475 e. The van der Waals surface area contributed by atoms with Gasteiger partial charge in [0.1, 0.15) is 6.61 Å². The fraction of sp³-hybridized carbons (Fsp3) is 0.278. The first-order valence-corrected chi connectivity index (χ1v) is 7.06. The third-order valence-corrected chi connectivity index (χ3v) is 3.80. The summed E-state index contributed by atoms with van der Waals surface area (Å²) in [6, 6.07) is 15.0. The maximum absolute atomic E-state index is 5.68. The number of benzene rings is 2. The number of nitrogens with zero attached hydrogens (tertiary/aromatic N) is 1. The molecule has 20 heavy (non-hydrogen) atoms. The van der Waals surface area contributed by atoms with Crippen molar-refractivity contribution in [3.63, 3.8) is 0 Å². The first-order chi connectivity index (χ1) is 9.75. The van der Waals surface area contributed by atoms with Gasteiger partial charge in [-0.25, -0.2) is 4.99 Å². The molecule has 0 aliphatic carbocycles. The summed E-state index contributed by atoms with van der Waals surface area (Å²) < 4.78 is 5.68. The molecule has 2 aromatic rings. The summed E-state index contributed by atoms with van der Waals surface area (Å²) in [5.41, 5.74) is 6.39. The molecule has 0 fully saturated rings. The third-order valence-electron chi connectivity index (χ3n) is 3.80. The lowest BCUT2D eigenvalue weighted by Crippen LogP contribution is -2.08. The Bertz CT molecular complexity index is 658. The van der Waals surface area contributed by atoms with Crippen molar-refractivity contribution >= 4 is 5.90 Å². The fourth-order valence-corrected chi connectivity index (χ4v) is 2.68. The molecule has 0 aromatic heterocycles. The standard InChI is InChI=1S/C18H19NO/c1-13-6-3-4-8-15(13)12-16-9-5-7-14(2)17(16)18-19-10-11-20-18/h3-9H,10-12H2,1-2H3. The van der Waals surface area contributed by atoms with E-state index in [9.17, 15) is 0 Å². The second-order valence-electron chi connectivity index (χ2n) is 5.25. The van der Waals surface area contributed by atoms with Crippen LogP contribution in [0.3, 0.4) is 0 Å². The Labute approximate surface area is 120 Å². The molecule has 1 aliphatic heterocycles. The molecule has 0 saturated carbocycles. The SMILES string of the molecule is Cc1ccccc1Cc1cccc(C)c1C1=NCCO1. The molecule has 0 amide bonds. The molecule has 0 spiro atoms. The van der Waals surface area contributed by atoms with Crippen molar-refractivity contribution in [2.75, 3.05) is 13.2 Å². The van der Waals surface area contributed by atoms with E-state index < -0.39 is 0 Å². The van der Waals surface area contributed by atoms with E-state index in [2.05, 4.69) is 61.3 Å². The van der Waals surface area contributed by atoms with Gasteiger partial charge in [0, 0.05) is 5.56 Å². The quantitative estimate of drug-likeness (QED) is 0.829. The zero-order chi connectivity index (χ0) is 13.9. The minimum absolute atomic E-state index is 0.702. The van der Waals surface area contributed by atoms with Gasteiger partial charge in [-0.2, -0.15) is 0 Å². The van der Waals surface area contributed by atoms with Gasteiger partial charge in [0.2, 0.25) is 5.90 Å². The van der Waals surface area contributed by atoms with E-state index in [0.717, 1.165) is 18.9 Å². The Balaban J connectivity index is 2.02. The molecule has 0 unspecified atom stereocenters. The molecular formula is C18H19NO. The monoisotopic (exact) mass is 265 g/mol. The summed E-state index contributed by atoms with van der Waals surface area (Å²) in [5, 5.41) is 0. The second kappa shape index (κ2) is 5.49. The van der Waals surface area contributed by atoms with E-state index in [-0.39, 0.29) is 0 Å². The van der Waals surface area contributed by atoms with Crippen molar-refractivity contribution < 1.29 is 4.74 Å². The van der Waals surface area contributed by atoms with E-state index >= 15 is 0 Å². The van der Waals surface area contributed by atoms with Crippen molar-refractivity contribution in [2.45, 2.75) is 20.3 Å². The minimum Gasteiger partial charge on any atom is -0.475 e. The number of aliphatic imine (C=N–C) groups is 1. The first-order valence-electron chi connectivity index (χ1n) is 7.06. The van der Waals surface area contributed by atoms with Crippen LogP contribution in [0.15, 0.2) is 47.5 Å². The van der Waals surface area contributed by atoms with Gasteiger partial charge < -0.3 is 4.74 Å². The van der Waals surface area contributed by atoms with Gasteiger partial charge in [0.05, 0.1) is 6.54 Å². The van der Waals surface area contributed by atoms with Crippen LogP contribution in [0.4, 0.5) is 0 Å².